The minimum Gasteiger partial charge on any atom is -0.368 e. The van der Waals surface area contributed by atoms with Gasteiger partial charge in [-0.2, -0.15) is 15.0 Å². The van der Waals surface area contributed by atoms with Crippen molar-refractivity contribution in [3.05, 3.63) is 5.82 Å². The maximum Gasteiger partial charge on any atom is 0.229 e. The Balaban J connectivity index is 3.11. The summed E-state index contributed by atoms with van der Waals surface area (Å²) < 4.78 is 0. The van der Waals surface area contributed by atoms with Gasteiger partial charge in [-0.05, 0) is 6.92 Å². The average molecular weight is 202 g/mol. The van der Waals surface area contributed by atoms with Gasteiger partial charge in [0.2, 0.25) is 11.9 Å². The van der Waals surface area contributed by atoms with Gasteiger partial charge in [0.05, 0.1) is 5.38 Å². The first-order valence-electron chi connectivity index (χ1n) is 3.83. The van der Waals surface area contributed by atoms with Crippen LogP contribution in [0.15, 0.2) is 0 Å². The highest BCUT2D eigenvalue weighted by molar-refractivity contribution is 6.20. The van der Waals surface area contributed by atoms with Gasteiger partial charge in [-0.1, -0.05) is 0 Å². The molecule has 0 saturated heterocycles. The minimum atomic E-state index is -0.260. The molecule has 0 bridgehead atoms. The van der Waals surface area contributed by atoms with E-state index >= 15 is 0 Å². The zero-order valence-electron chi connectivity index (χ0n) is 7.82. The molecule has 1 aromatic rings. The number of nitrogens with zero attached hydrogens (tertiary/aromatic N) is 4. The Morgan fingerprint density at radius 3 is 2.38 bits per heavy atom. The molecule has 5 nitrogen and oxygen atoms in total. The smallest absolute Gasteiger partial charge is 0.229 e. The van der Waals surface area contributed by atoms with E-state index < -0.39 is 0 Å². The average Bonchev–Trinajstić information content (AvgIpc) is 2.03. The lowest BCUT2D eigenvalue weighted by Gasteiger charge is -2.11. The maximum atomic E-state index is 5.82. The molecule has 0 amide bonds. The molecule has 1 atom stereocenters. The Hall–Kier alpha value is -1.10. The molecule has 0 aliphatic rings. The van der Waals surface area contributed by atoms with Crippen LogP contribution < -0.4 is 10.6 Å². The highest BCUT2D eigenvalue weighted by Crippen LogP contribution is 2.17. The van der Waals surface area contributed by atoms with Crippen molar-refractivity contribution in [2.45, 2.75) is 12.3 Å². The summed E-state index contributed by atoms with van der Waals surface area (Å²) in [6, 6.07) is 0. The van der Waals surface area contributed by atoms with E-state index in [2.05, 4.69) is 15.0 Å². The van der Waals surface area contributed by atoms with Crippen molar-refractivity contribution in [3.8, 4) is 0 Å². The summed E-state index contributed by atoms with van der Waals surface area (Å²) in [6.45, 7) is 1.79. The SMILES string of the molecule is CC(Cl)c1nc(N)nc(N(C)C)n1. The molecular formula is C7H12ClN5. The lowest BCUT2D eigenvalue weighted by atomic mass is 10.4. The monoisotopic (exact) mass is 201 g/mol. The standard InChI is InChI=1S/C7H12ClN5/c1-4(8)5-10-6(9)12-7(11-5)13(2)3/h4H,1-3H3,(H2,9,10,11,12). The number of anilines is 2. The van der Waals surface area contributed by atoms with E-state index in [9.17, 15) is 0 Å². The molecule has 72 valence electrons. The van der Waals surface area contributed by atoms with Crippen molar-refractivity contribution in [3.63, 3.8) is 0 Å². The molecule has 0 fully saturated rings. The lowest BCUT2D eigenvalue weighted by molar-refractivity contribution is 0.859. The van der Waals surface area contributed by atoms with Crippen LogP contribution in [0.4, 0.5) is 11.9 Å². The summed E-state index contributed by atoms with van der Waals surface area (Å²) >= 11 is 5.82. The summed E-state index contributed by atoms with van der Waals surface area (Å²) in [7, 11) is 3.66. The van der Waals surface area contributed by atoms with Crippen LogP contribution in [0, 0.1) is 0 Å². The van der Waals surface area contributed by atoms with E-state index in [4.69, 9.17) is 17.3 Å². The first kappa shape index (κ1) is 9.98. The fourth-order valence-electron chi connectivity index (χ4n) is 0.775. The Labute approximate surface area is 82.0 Å². The molecule has 0 aliphatic carbocycles. The number of nitrogen functional groups attached to an aromatic ring is 1. The highest BCUT2D eigenvalue weighted by atomic mass is 35.5. The van der Waals surface area contributed by atoms with Crippen molar-refractivity contribution in [2.75, 3.05) is 24.7 Å². The van der Waals surface area contributed by atoms with E-state index in [1.807, 2.05) is 14.1 Å². The largest absolute Gasteiger partial charge is 0.368 e. The van der Waals surface area contributed by atoms with Crippen molar-refractivity contribution >= 4 is 23.5 Å². The normalized spacial score (nSPS) is 12.6. The highest BCUT2D eigenvalue weighted by Gasteiger charge is 2.09. The summed E-state index contributed by atoms with van der Waals surface area (Å²) in [5.74, 6) is 1.22. The van der Waals surface area contributed by atoms with Gasteiger partial charge in [-0.3, -0.25) is 0 Å². The van der Waals surface area contributed by atoms with E-state index in [1.54, 1.807) is 11.8 Å². The first-order chi connectivity index (χ1) is 6.00. The summed E-state index contributed by atoms with van der Waals surface area (Å²) in [6.07, 6.45) is 0. The van der Waals surface area contributed by atoms with Crippen LogP contribution in [0.2, 0.25) is 0 Å². The Kier molecular flexibility index (Phi) is 2.87. The number of hydrogen-bond acceptors (Lipinski definition) is 5. The fraction of sp³-hybridized carbons (Fsp3) is 0.571. The van der Waals surface area contributed by atoms with Gasteiger partial charge < -0.3 is 10.6 Å². The van der Waals surface area contributed by atoms with Crippen LogP contribution in [-0.2, 0) is 0 Å². The molecule has 1 unspecified atom stereocenters. The molecular weight excluding hydrogens is 190 g/mol. The predicted molar refractivity (Wildman–Crippen MR) is 52.8 cm³/mol. The number of hydrogen-bond donors (Lipinski definition) is 1. The second kappa shape index (κ2) is 3.74. The summed E-state index contributed by atoms with van der Waals surface area (Å²) in [5, 5.41) is -0.260. The molecule has 13 heavy (non-hydrogen) atoms. The summed E-state index contributed by atoms with van der Waals surface area (Å²) in [4.78, 5) is 13.7. The quantitative estimate of drug-likeness (QED) is 0.718. The van der Waals surface area contributed by atoms with Crippen LogP contribution in [0.5, 0.6) is 0 Å². The van der Waals surface area contributed by atoms with E-state index in [-0.39, 0.29) is 11.3 Å². The Bertz CT molecular complexity index is 273. The number of halogens is 1. The molecule has 1 heterocycles. The maximum absolute atomic E-state index is 5.82. The van der Waals surface area contributed by atoms with Gasteiger partial charge in [0.25, 0.3) is 0 Å². The topological polar surface area (TPSA) is 67.9 Å². The summed E-state index contributed by atoms with van der Waals surface area (Å²) in [5.41, 5.74) is 5.49. The van der Waals surface area contributed by atoms with Crippen molar-refractivity contribution in [1.82, 2.24) is 15.0 Å². The van der Waals surface area contributed by atoms with Crippen LogP contribution in [-0.4, -0.2) is 29.0 Å². The fourth-order valence-corrected chi connectivity index (χ4v) is 0.873. The van der Waals surface area contributed by atoms with Gasteiger partial charge in [0, 0.05) is 14.1 Å². The van der Waals surface area contributed by atoms with Gasteiger partial charge in [0.1, 0.15) is 0 Å². The third kappa shape index (κ3) is 2.42. The molecule has 2 N–H and O–H groups in total. The number of rotatable bonds is 2. The van der Waals surface area contributed by atoms with Crippen molar-refractivity contribution < 1.29 is 0 Å². The first-order valence-corrected chi connectivity index (χ1v) is 4.27. The van der Waals surface area contributed by atoms with Crippen LogP contribution in [0.3, 0.4) is 0 Å². The molecule has 6 heteroatoms. The molecule has 0 aromatic carbocycles. The van der Waals surface area contributed by atoms with E-state index in [0.29, 0.717) is 11.8 Å². The molecule has 0 radical (unpaired) electrons. The van der Waals surface area contributed by atoms with Crippen LogP contribution in [0.1, 0.15) is 18.1 Å². The van der Waals surface area contributed by atoms with Crippen LogP contribution >= 0.6 is 11.6 Å². The van der Waals surface area contributed by atoms with Gasteiger partial charge in [-0.25, -0.2) is 0 Å². The molecule has 0 aliphatic heterocycles. The molecule has 0 spiro atoms. The number of nitrogens with two attached hydrogens (primary N) is 1. The molecule has 0 saturated carbocycles. The van der Waals surface area contributed by atoms with E-state index in [0.717, 1.165) is 0 Å². The number of aromatic nitrogens is 3. The predicted octanol–water partition coefficient (Wildman–Crippen LogP) is 0.820. The van der Waals surface area contributed by atoms with Crippen LogP contribution in [0.25, 0.3) is 0 Å². The lowest BCUT2D eigenvalue weighted by Crippen LogP contribution is -2.16. The zero-order chi connectivity index (χ0) is 10.0. The van der Waals surface area contributed by atoms with Crippen molar-refractivity contribution in [1.29, 1.82) is 0 Å². The minimum absolute atomic E-state index is 0.196. The van der Waals surface area contributed by atoms with Gasteiger partial charge in [0.15, 0.2) is 5.82 Å². The third-order valence-corrected chi connectivity index (χ3v) is 1.61. The third-order valence-electron chi connectivity index (χ3n) is 1.41. The molecule has 1 rings (SSSR count). The van der Waals surface area contributed by atoms with Gasteiger partial charge >= 0.3 is 0 Å². The van der Waals surface area contributed by atoms with Crippen molar-refractivity contribution in [2.24, 2.45) is 0 Å². The van der Waals surface area contributed by atoms with E-state index in [1.165, 1.54) is 0 Å². The Morgan fingerprint density at radius 1 is 1.31 bits per heavy atom. The molecule has 1 aromatic heterocycles. The Morgan fingerprint density at radius 2 is 1.92 bits per heavy atom. The van der Waals surface area contributed by atoms with Gasteiger partial charge in [-0.15, -0.1) is 11.6 Å². The zero-order valence-corrected chi connectivity index (χ0v) is 8.58. The second-order valence-electron chi connectivity index (χ2n) is 2.86. The number of alkyl halides is 1. The second-order valence-corrected chi connectivity index (χ2v) is 3.52.